The fourth-order valence-corrected chi connectivity index (χ4v) is 0.462. The summed E-state index contributed by atoms with van der Waals surface area (Å²) < 4.78 is 0. The maximum Gasteiger partial charge on any atom is 0.0412 e. The Labute approximate surface area is 56.6 Å². The second-order valence-electron chi connectivity index (χ2n) is 1.71. The summed E-state index contributed by atoms with van der Waals surface area (Å²) in [6.45, 7) is 5.81. The maximum atomic E-state index is 3.72. The summed E-state index contributed by atoms with van der Waals surface area (Å²) in [6, 6.07) is 0. The topological polar surface area (TPSA) is 24.1 Å². The molecule has 2 nitrogen and oxygen atoms in total. The number of hydrazine groups is 1. The van der Waals surface area contributed by atoms with E-state index in [2.05, 4.69) is 24.4 Å². The number of hydrogen-bond donors (Lipinski definition) is 2. The highest BCUT2D eigenvalue weighted by Gasteiger charge is 1.78. The summed E-state index contributed by atoms with van der Waals surface area (Å²) in [5.41, 5.74) is 6.51. The van der Waals surface area contributed by atoms with Gasteiger partial charge in [-0.25, -0.2) is 5.43 Å². The maximum absolute atomic E-state index is 3.72. The van der Waals surface area contributed by atoms with Crippen molar-refractivity contribution in [2.24, 2.45) is 0 Å². The van der Waals surface area contributed by atoms with Gasteiger partial charge in [0.25, 0.3) is 0 Å². The molecule has 0 saturated heterocycles. The first-order valence-corrected chi connectivity index (χ1v) is 3.09. The molecular weight excluding hydrogens is 112 g/mol. The predicted molar refractivity (Wildman–Crippen MR) is 40.8 cm³/mol. The standard InChI is InChI=1S/C7H14N2/c1-4-5-6-7(2)9-8-3/h5-6,8-9H,2,4H2,1,3H3/b6-5-. The minimum Gasteiger partial charge on any atom is -0.322 e. The van der Waals surface area contributed by atoms with E-state index in [4.69, 9.17) is 0 Å². The minimum atomic E-state index is 0.888. The molecule has 0 bridgehead atoms. The van der Waals surface area contributed by atoms with Crippen LogP contribution in [0.2, 0.25) is 0 Å². The molecule has 0 aromatic rings. The fourth-order valence-electron chi connectivity index (χ4n) is 0.462. The van der Waals surface area contributed by atoms with E-state index in [-0.39, 0.29) is 0 Å². The van der Waals surface area contributed by atoms with E-state index < -0.39 is 0 Å². The van der Waals surface area contributed by atoms with Crippen LogP contribution in [0.25, 0.3) is 0 Å². The van der Waals surface area contributed by atoms with E-state index in [0.29, 0.717) is 0 Å². The molecule has 0 radical (unpaired) electrons. The Balaban J connectivity index is 3.37. The first-order chi connectivity index (χ1) is 4.31. The molecule has 0 fully saturated rings. The lowest BCUT2D eigenvalue weighted by Gasteiger charge is -2.00. The Morgan fingerprint density at radius 1 is 1.67 bits per heavy atom. The predicted octanol–water partition coefficient (Wildman–Crippen LogP) is 1.19. The number of nitrogens with one attached hydrogen (secondary N) is 2. The normalized spacial score (nSPS) is 10.0. The van der Waals surface area contributed by atoms with Gasteiger partial charge in [-0.3, -0.25) is 0 Å². The minimum absolute atomic E-state index is 0.888. The van der Waals surface area contributed by atoms with Crippen LogP contribution < -0.4 is 10.9 Å². The lowest BCUT2D eigenvalue weighted by Crippen LogP contribution is -2.24. The van der Waals surface area contributed by atoms with Crippen molar-refractivity contribution in [2.45, 2.75) is 13.3 Å². The monoisotopic (exact) mass is 126 g/mol. The summed E-state index contributed by atoms with van der Waals surface area (Å²) in [7, 11) is 1.81. The van der Waals surface area contributed by atoms with E-state index in [9.17, 15) is 0 Å². The molecule has 0 aromatic carbocycles. The second kappa shape index (κ2) is 5.38. The van der Waals surface area contributed by atoms with Crippen LogP contribution in [0.4, 0.5) is 0 Å². The van der Waals surface area contributed by atoms with Crippen molar-refractivity contribution < 1.29 is 0 Å². The molecule has 2 N–H and O–H groups in total. The molecule has 9 heavy (non-hydrogen) atoms. The highest BCUT2D eigenvalue weighted by Crippen LogP contribution is 1.86. The fraction of sp³-hybridized carbons (Fsp3) is 0.429. The molecule has 0 spiro atoms. The van der Waals surface area contributed by atoms with Crippen LogP contribution in [0.3, 0.4) is 0 Å². The van der Waals surface area contributed by atoms with E-state index >= 15 is 0 Å². The molecule has 0 amide bonds. The molecule has 0 aliphatic rings. The largest absolute Gasteiger partial charge is 0.322 e. The van der Waals surface area contributed by atoms with E-state index in [1.807, 2.05) is 19.2 Å². The Hall–Kier alpha value is -0.760. The molecule has 52 valence electrons. The number of hydrogen-bond acceptors (Lipinski definition) is 2. The molecule has 0 unspecified atom stereocenters. The van der Waals surface area contributed by atoms with Gasteiger partial charge in [0.1, 0.15) is 0 Å². The Kier molecular flexibility index (Phi) is 4.92. The van der Waals surface area contributed by atoms with Gasteiger partial charge < -0.3 is 5.43 Å². The van der Waals surface area contributed by atoms with Crippen LogP contribution in [-0.2, 0) is 0 Å². The summed E-state index contributed by atoms with van der Waals surface area (Å²) in [5, 5.41) is 0. The number of allylic oxidation sites excluding steroid dienone is 2. The average Bonchev–Trinajstić information content (AvgIpc) is 1.85. The van der Waals surface area contributed by atoms with Crippen molar-refractivity contribution in [3.05, 3.63) is 24.4 Å². The van der Waals surface area contributed by atoms with Crippen LogP contribution in [0.5, 0.6) is 0 Å². The van der Waals surface area contributed by atoms with Crippen LogP contribution >= 0.6 is 0 Å². The van der Waals surface area contributed by atoms with Crippen molar-refractivity contribution in [3.8, 4) is 0 Å². The first-order valence-electron chi connectivity index (χ1n) is 3.09. The van der Waals surface area contributed by atoms with Gasteiger partial charge in [-0.2, -0.15) is 0 Å². The second-order valence-corrected chi connectivity index (χ2v) is 1.71. The molecular formula is C7H14N2. The smallest absolute Gasteiger partial charge is 0.0412 e. The van der Waals surface area contributed by atoms with Gasteiger partial charge in [-0.1, -0.05) is 19.6 Å². The summed E-state index contributed by atoms with van der Waals surface area (Å²) in [4.78, 5) is 0. The molecule has 0 atom stereocenters. The molecule has 0 aromatic heterocycles. The van der Waals surface area contributed by atoms with Gasteiger partial charge in [0.05, 0.1) is 0 Å². The average molecular weight is 126 g/mol. The van der Waals surface area contributed by atoms with Gasteiger partial charge in [-0.05, 0) is 12.5 Å². The lowest BCUT2D eigenvalue weighted by atomic mass is 10.4. The summed E-state index contributed by atoms with van der Waals surface area (Å²) in [5.74, 6) is 0. The molecule has 2 heteroatoms. The number of rotatable bonds is 4. The van der Waals surface area contributed by atoms with Gasteiger partial charge in [0, 0.05) is 12.7 Å². The molecule has 0 rings (SSSR count). The molecule has 0 heterocycles. The van der Waals surface area contributed by atoms with Crippen molar-refractivity contribution in [1.82, 2.24) is 10.9 Å². The third-order valence-corrected chi connectivity index (χ3v) is 0.840. The van der Waals surface area contributed by atoms with Gasteiger partial charge in [0.15, 0.2) is 0 Å². The van der Waals surface area contributed by atoms with Crippen LogP contribution in [0.1, 0.15) is 13.3 Å². The lowest BCUT2D eigenvalue weighted by molar-refractivity contribution is 0.706. The zero-order valence-electron chi connectivity index (χ0n) is 6.07. The zero-order valence-corrected chi connectivity index (χ0v) is 6.07. The van der Waals surface area contributed by atoms with E-state index in [0.717, 1.165) is 12.1 Å². The highest BCUT2D eigenvalue weighted by molar-refractivity contribution is 5.10. The Bertz CT molecular complexity index is 105. The van der Waals surface area contributed by atoms with Crippen molar-refractivity contribution in [1.29, 1.82) is 0 Å². The SMILES string of the molecule is C=C(/C=C\CC)NNC. The van der Waals surface area contributed by atoms with E-state index in [1.165, 1.54) is 0 Å². The van der Waals surface area contributed by atoms with Crippen molar-refractivity contribution in [3.63, 3.8) is 0 Å². The molecule has 0 saturated carbocycles. The van der Waals surface area contributed by atoms with Crippen LogP contribution in [0.15, 0.2) is 24.4 Å². The summed E-state index contributed by atoms with van der Waals surface area (Å²) in [6.07, 6.45) is 5.04. The van der Waals surface area contributed by atoms with Gasteiger partial charge >= 0.3 is 0 Å². The highest BCUT2D eigenvalue weighted by atomic mass is 15.3. The Morgan fingerprint density at radius 3 is 2.78 bits per heavy atom. The molecule has 0 aliphatic carbocycles. The third-order valence-electron chi connectivity index (χ3n) is 0.840. The first kappa shape index (κ1) is 8.24. The third kappa shape index (κ3) is 5.11. The zero-order chi connectivity index (χ0) is 7.11. The quantitative estimate of drug-likeness (QED) is 0.437. The molecule has 0 aliphatic heterocycles. The van der Waals surface area contributed by atoms with E-state index in [1.54, 1.807) is 0 Å². The van der Waals surface area contributed by atoms with Gasteiger partial charge in [0.2, 0.25) is 0 Å². The van der Waals surface area contributed by atoms with Crippen molar-refractivity contribution >= 4 is 0 Å². The van der Waals surface area contributed by atoms with Crippen molar-refractivity contribution in [2.75, 3.05) is 7.05 Å². The summed E-state index contributed by atoms with van der Waals surface area (Å²) >= 11 is 0. The Morgan fingerprint density at radius 2 is 2.33 bits per heavy atom. The van der Waals surface area contributed by atoms with Gasteiger partial charge in [-0.15, -0.1) is 0 Å². The van der Waals surface area contributed by atoms with Crippen LogP contribution in [0, 0.1) is 0 Å². The van der Waals surface area contributed by atoms with Crippen LogP contribution in [-0.4, -0.2) is 7.05 Å².